The van der Waals surface area contributed by atoms with Gasteiger partial charge in [-0.25, -0.2) is 0 Å². The number of fused-ring (bicyclic) bond motifs is 1. The Balaban J connectivity index is 0.000000704. The van der Waals surface area contributed by atoms with Crippen LogP contribution in [-0.2, 0) is 0 Å². The summed E-state index contributed by atoms with van der Waals surface area (Å²) in [6.07, 6.45) is 6.93. The zero-order valence-electron chi connectivity index (χ0n) is 11.2. The van der Waals surface area contributed by atoms with Gasteiger partial charge in [0.15, 0.2) is 0 Å². The Bertz CT molecular complexity index is 742. The fourth-order valence-corrected chi connectivity index (χ4v) is 2.52. The van der Waals surface area contributed by atoms with Gasteiger partial charge in [0, 0.05) is 0 Å². The van der Waals surface area contributed by atoms with Crippen molar-refractivity contribution < 1.29 is 2.69 Å². The SMILES string of the molecule is CC.N#Cc1cnn2cc(-c3cn[nH]c3)cc([O][Tl])c12. The first-order chi connectivity index (χ1) is 9.83. The summed E-state index contributed by atoms with van der Waals surface area (Å²) < 4.78 is 7.16. The summed E-state index contributed by atoms with van der Waals surface area (Å²) in [5.74, 6) is 0.688. The summed E-state index contributed by atoms with van der Waals surface area (Å²) in [5, 5.41) is 19.9. The molecule has 0 amide bonds. The van der Waals surface area contributed by atoms with Crippen LogP contribution in [0.25, 0.3) is 16.6 Å². The Morgan fingerprint density at radius 1 is 1.35 bits per heavy atom. The maximum atomic E-state index is 9.04. The summed E-state index contributed by atoms with van der Waals surface area (Å²) >= 11 is 0.347. The van der Waals surface area contributed by atoms with Crippen molar-refractivity contribution in [1.29, 1.82) is 5.26 Å². The van der Waals surface area contributed by atoms with Crippen LogP contribution in [0, 0.1) is 11.3 Å². The van der Waals surface area contributed by atoms with Crippen LogP contribution in [0.3, 0.4) is 0 Å². The van der Waals surface area contributed by atoms with Crippen molar-refractivity contribution in [3.8, 4) is 22.9 Å². The number of aromatic nitrogens is 4. The molecular formula is C13H12N5OTl. The Hall–Kier alpha value is -1.89. The summed E-state index contributed by atoms with van der Waals surface area (Å²) in [6.45, 7) is 4.00. The number of pyridine rings is 1. The number of hydrogen-bond donors (Lipinski definition) is 1. The second kappa shape index (κ2) is 6.52. The van der Waals surface area contributed by atoms with E-state index in [0.717, 1.165) is 11.1 Å². The first-order valence-corrected chi connectivity index (χ1v) is 7.94. The molecule has 0 saturated carbocycles. The molecule has 0 aliphatic rings. The third-order valence-electron chi connectivity index (χ3n) is 2.66. The molecule has 0 spiro atoms. The van der Waals surface area contributed by atoms with Crippen LogP contribution in [0.4, 0.5) is 0 Å². The summed E-state index contributed by atoms with van der Waals surface area (Å²) in [6, 6.07) is 4.02. The second-order valence-electron chi connectivity index (χ2n) is 3.66. The van der Waals surface area contributed by atoms with Gasteiger partial charge in [-0.1, -0.05) is 13.8 Å². The van der Waals surface area contributed by atoms with Crippen LogP contribution in [0.5, 0.6) is 5.75 Å². The fourth-order valence-electron chi connectivity index (χ4n) is 1.82. The third-order valence-corrected chi connectivity index (χ3v) is 3.64. The van der Waals surface area contributed by atoms with Crippen molar-refractivity contribution in [1.82, 2.24) is 19.8 Å². The molecular weight excluding hydrogens is 447 g/mol. The van der Waals surface area contributed by atoms with Gasteiger partial charge in [-0.2, -0.15) is 0 Å². The van der Waals surface area contributed by atoms with E-state index in [-0.39, 0.29) is 0 Å². The van der Waals surface area contributed by atoms with E-state index in [9.17, 15) is 0 Å². The monoisotopic (exact) mass is 459 g/mol. The number of nitrogens with zero attached hydrogens (tertiary/aromatic N) is 4. The van der Waals surface area contributed by atoms with E-state index in [1.165, 1.54) is 0 Å². The van der Waals surface area contributed by atoms with Gasteiger partial charge < -0.3 is 0 Å². The molecule has 7 heteroatoms. The number of aromatic amines is 1. The Morgan fingerprint density at radius 2 is 2.15 bits per heavy atom. The van der Waals surface area contributed by atoms with Gasteiger partial charge in [0.2, 0.25) is 0 Å². The molecule has 3 heterocycles. The number of nitrogens with one attached hydrogen (secondary N) is 1. The van der Waals surface area contributed by atoms with Crippen molar-refractivity contribution in [2.75, 3.05) is 0 Å². The van der Waals surface area contributed by atoms with E-state index in [0.29, 0.717) is 43.0 Å². The standard InChI is InChI=1S/C11H7N5O.C2H6.Tl/c12-2-8-5-15-16-6-7(1-10(17)11(8)16)9-3-13-14-4-9;1-2;/h1,3-6,17H,(H,13,14);1-2H3;/q;;+1/p-1. The molecule has 0 aliphatic carbocycles. The number of rotatable bonds is 2. The number of H-pyrrole nitrogens is 1. The maximum absolute atomic E-state index is 9.04. The van der Waals surface area contributed by atoms with Gasteiger partial charge in [0.1, 0.15) is 0 Å². The molecule has 3 aromatic rings. The van der Waals surface area contributed by atoms with Crippen LogP contribution in [0.15, 0.2) is 30.9 Å². The summed E-state index contributed by atoms with van der Waals surface area (Å²) in [7, 11) is 0. The third kappa shape index (κ3) is 2.53. The normalized spacial score (nSPS) is 9.60. The van der Waals surface area contributed by atoms with Gasteiger partial charge >= 0.3 is 119 Å². The number of hydrogen-bond acceptors (Lipinski definition) is 4. The van der Waals surface area contributed by atoms with E-state index in [2.05, 4.69) is 21.4 Å². The molecule has 0 fully saturated rings. The Labute approximate surface area is 132 Å². The van der Waals surface area contributed by atoms with Crippen LogP contribution >= 0.6 is 0 Å². The van der Waals surface area contributed by atoms with E-state index >= 15 is 0 Å². The Morgan fingerprint density at radius 3 is 2.75 bits per heavy atom. The van der Waals surface area contributed by atoms with Crippen LogP contribution < -0.4 is 2.69 Å². The predicted molar refractivity (Wildman–Crippen MR) is 75.2 cm³/mol. The molecule has 0 radical (unpaired) electrons. The Kier molecular flexibility index (Phi) is 4.73. The fraction of sp³-hybridized carbons (Fsp3) is 0.154. The van der Waals surface area contributed by atoms with E-state index in [1.807, 2.05) is 26.1 Å². The first kappa shape index (κ1) is 14.5. The quantitative estimate of drug-likeness (QED) is 0.597. The number of nitriles is 1. The minimum absolute atomic E-state index is 0.347. The molecule has 0 unspecified atom stereocenters. The molecule has 0 saturated heterocycles. The first-order valence-electron chi connectivity index (χ1n) is 6.11. The van der Waals surface area contributed by atoms with E-state index in [4.69, 9.17) is 7.95 Å². The van der Waals surface area contributed by atoms with Crippen molar-refractivity contribution in [2.24, 2.45) is 0 Å². The topological polar surface area (TPSA) is 79.0 Å². The van der Waals surface area contributed by atoms with Crippen molar-refractivity contribution in [3.63, 3.8) is 0 Å². The predicted octanol–water partition coefficient (Wildman–Crippen LogP) is 2.08. The minimum atomic E-state index is 0.347. The molecule has 3 rings (SSSR count). The zero-order chi connectivity index (χ0) is 14.5. The van der Waals surface area contributed by atoms with Gasteiger partial charge in [0.05, 0.1) is 0 Å². The van der Waals surface area contributed by atoms with Crippen molar-refractivity contribution >= 4 is 31.7 Å². The summed E-state index contributed by atoms with van der Waals surface area (Å²) in [4.78, 5) is 0. The summed E-state index contributed by atoms with van der Waals surface area (Å²) in [5.41, 5.74) is 3.13. The molecule has 98 valence electrons. The van der Waals surface area contributed by atoms with Gasteiger partial charge in [0.25, 0.3) is 0 Å². The molecule has 6 nitrogen and oxygen atoms in total. The zero-order valence-corrected chi connectivity index (χ0v) is 15.7. The molecule has 0 bridgehead atoms. The molecule has 0 aliphatic heterocycles. The van der Waals surface area contributed by atoms with Gasteiger partial charge in [-0.05, 0) is 0 Å². The van der Waals surface area contributed by atoms with Crippen LogP contribution in [0.1, 0.15) is 19.4 Å². The molecule has 20 heavy (non-hydrogen) atoms. The van der Waals surface area contributed by atoms with Crippen molar-refractivity contribution in [2.45, 2.75) is 13.8 Å². The second-order valence-corrected chi connectivity index (χ2v) is 4.58. The molecule has 3 aromatic heterocycles. The molecule has 1 N–H and O–H groups in total. The average molecular weight is 459 g/mol. The van der Waals surface area contributed by atoms with Gasteiger partial charge in [-0.15, -0.1) is 0 Å². The van der Waals surface area contributed by atoms with Crippen LogP contribution in [-0.4, -0.2) is 46.0 Å². The molecule has 0 aromatic carbocycles. The average Bonchev–Trinajstić information content (AvgIpc) is 3.17. The van der Waals surface area contributed by atoms with Gasteiger partial charge in [-0.3, -0.25) is 0 Å². The van der Waals surface area contributed by atoms with Crippen LogP contribution in [0.2, 0.25) is 0 Å². The molecule has 0 atom stereocenters. The van der Waals surface area contributed by atoms with E-state index < -0.39 is 0 Å². The van der Waals surface area contributed by atoms with Crippen molar-refractivity contribution in [3.05, 3.63) is 36.4 Å². The van der Waals surface area contributed by atoms with E-state index in [1.54, 1.807) is 23.1 Å².